The van der Waals surface area contributed by atoms with Crippen molar-refractivity contribution in [3.63, 3.8) is 0 Å². The van der Waals surface area contributed by atoms with E-state index in [1.54, 1.807) is 18.4 Å². The maximum absolute atomic E-state index is 4.97. The highest BCUT2D eigenvalue weighted by molar-refractivity contribution is 7.13. The van der Waals surface area contributed by atoms with Crippen LogP contribution in [0.15, 0.2) is 5.38 Å². The number of ether oxygens (including phenoxy) is 1. The van der Waals surface area contributed by atoms with Gasteiger partial charge in [-0.05, 0) is 13.8 Å². The number of anilines is 1. The summed E-state index contributed by atoms with van der Waals surface area (Å²) in [6, 6.07) is 0.487. The van der Waals surface area contributed by atoms with E-state index in [0.29, 0.717) is 6.04 Å². The van der Waals surface area contributed by atoms with Crippen molar-refractivity contribution in [1.82, 2.24) is 10.3 Å². The fourth-order valence-corrected chi connectivity index (χ4v) is 2.08. The molecule has 0 bridgehead atoms. The van der Waals surface area contributed by atoms with Crippen LogP contribution in [0.2, 0.25) is 0 Å². The van der Waals surface area contributed by atoms with Crippen molar-refractivity contribution in [2.75, 3.05) is 32.2 Å². The molecule has 0 unspecified atom stereocenters. The Morgan fingerprint density at radius 2 is 2.31 bits per heavy atom. The van der Waals surface area contributed by atoms with E-state index in [0.717, 1.165) is 30.5 Å². The smallest absolute Gasteiger partial charge is 0.185 e. The fraction of sp³-hybridized carbons (Fsp3) is 0.727. The minimum absolute atomic E-state index is 0.487. The normalized spacial score (nSPS) is 11.1. The third kappa shape index (κ3) is 4.08. The molecule has 0 aliphatic heterocycles. The lowest BCUT2D eigenvalue weighted by molar-refractivity contribution is 0.199. The maximum atomic E-state index is 4.97. The van der Waals surface area contributed by atoms with Gasteiger partial charge >= 0.3 is 0 Å². The maximum Gasteiger partial charge on any atom is 0.185 e. The molecular weight excluding hydrogens is 222 g/mol. The topological polar surface area (TPSA) is 37.4 Å². The second-order valence-corrected chi connectivity index (χ2v) is 4.83. The minimum Gasteiger partial charge on any atom is -0.383 e. The molecule has 4 nitrogen and oxygen atoms in total. The van der Waals surface area contributed by atoms with Crippen molar-refractivity contribution in [1.29, 1.82) is 0 Å². The Bertz CT molecular complexity index is 301. The molecule has 1 aromatic rings. The Morgan fingerprint density at radius 3 is 2.94 bits per heavy atom. The van der Waals surface area contributed by atoms with Crippen molar-refractivity contribution in [2.24, 2.45) is 0 Å². The molecular formula is C11H21N3OS. The third-order valence-electron chi connectivity index (χ3n) is 2.41. The van der Waals surface area contributed by atoms with Crippen molar-refractivity contribution >= 4 is 16.5 Å². The molecule has 16 heavy (non-hydrogen) atoms. The number of hydrogen-bond acceptors (Lipinski definition) is 5. The molecule has 92 valence electrons. The molecule has 0 aliphatic rings. The van der Waals surface area contributed by atoms with Crippen LogP contribution in [0, 0.1) is 0 Å². The molecule has 0 aliphatic carbocycles. The molecule has 5 heteroatoms. The Labute approximate surface area is 102 Å². The Kier molecular flexibility index (Phi) is 5.73. The molecule has 0 fully saturated rings. The van der Waals surface area contributed by atoms with Crippen LogP contribution in [0.3, 0.4) is 0 Å². The first kappa shape index (κ1) is 13.4. The average molecular weight is 243 g/mol. The molecule has 1 rings (SSSR count). The van der Waals surface area contributed by atoms with Crippen LogP contribution in [0.5, 0.6) is 0 Å². The summed E-state index contributed by atoms with van der Waals surface area (Å²) in [4.78, 5) is 6.75. The number of hydrogen-bond donors (Lipinski definition) is 1. The summed E-state index contributed by atoms with van der Waals surface area (Å²) in [7, 11) is 3.78. The zero-order valence-electron chi connectivity index (χ0n) is 10.5. The molecule has 1 heterocycles. The number of nitrogens with zero attached hydrogens (tertiary/aromatic N) is 2. The summed E-state index contributed by atoms with van der Waals surface area (Å²) in [5.74, 6) is 0. The van der Waals surface area contributed by atoms with E-state index in [1.807, 2.05) is 0 Å². The van der Waals surface area contributed by atoms with Gasteiger partial charge in [0.15, 0.2) is 5.13 Å². The van der Waals surface area contributed by atoms with Gasteiger partial charge in [0.25, 0.3) is 0 Å². The Balaban J connectivity index is 2.39. The van der Waals surface area contributed by atoms with Crippen LogP contribution in [-0.4, -0.2) is 38.3 Å². The SMILES string of the molecule is COCCNCc1csc(N(C)C(C)C)n1. The van der Waals surface area contributed by atoms with E-state index in [2.05, 4.69) is 41.5 Å². The van der Waals surface area contributed by atoms with Gasteiger partial charge in [-0.15, -0.1) is 11.3 Å². The fourth-order valence-electron chi connectivity index (χ4n) is 1.15. The van der Waals surface area contributed by atoms with Crippen LogP contribution in [0.25, 0.3) is 0 Å². The summed E-state index contributed by atoms with van der Waals surface area (Å²) in [6.07, 6.45) is 0. The lowest BCUT2D eigenvalue weighted by Crippen LogP contribution is -2.25. The second kappa shape index (κ2) is 6.83. The monoisotopic (exact) mass is 243 g/mol. The van der Waals surface area contributed by atoms with Crippen LogP contribution < -0.4 is 10.2 Å². The summed E-state index contributed by atoms with van der Waals surface area (Å²) in [5, 5.41) is 6.47. The van der Waals surface area contributed by atoms with Crippen LogP contribution >= 0.6 is 11.3 Å². The third-order valence-corrected chi connectivity index (χ3v) is 3.39. The quantitative estimate of drug-likeness (QED) is 0.740. The first-order chi connectivity index (χ1) is 7.65. The lowest BCUT2D eigenvalue weighted by atomic mass is 10.4. The highest BCUT2D eigenvalue weighted by Crippen LogP contribution is 2.20. The van der Waals surface area contributed by atoms with Gasteiger partial charge in [0, 0.05) is 38.7 Å². The van der Waals surface area contributed by atoms with Crippen molar-refractivity contribution in [2.45, 2.75) is 26.4 Å². The average Bonchev–Trinajstić information content (AvgIpc) is 2.72. The van der Waals surface area contributed by atoms with E-state index in [1.165, 1.54) is 0 Å². The van der Waals surface area contributed by atoms with Gasteiger partial charge in [-0.3, -0.25) is 0 Å². The highest BCUT2D eigenvalue weighted by Gasteiger charge is 2.09. The van der Waals surface area contributed by atoms with E-state index >= 15 is 0 Å². The molecule has 1 N–H and O–H groups in total. The van der Waals surface area contributed by atoms with Crippen molar-refractivity contribution in [3.05, 3.63) is 11.1 Å². The largest absolute Gasteiger partial charge is 0.383 e. The molecule has 0 saturated carbocycles. The molecule has 0 aromatic carbocycles. The Hall–Kier alpha value is -0.650. The van der Waals surface area contributed by atoms with Crippen molar-refractivity contribution in [3.8, 4) is 0 Å². The summed E-state index contributed by atoms with van der Waals surface area (Å²) < 4.78 is 4.97. The van der Waals surface area contributed by atoms with Gasteiger partial charge in [-0.25, -0.2) is 4.98 Å². The predicted molar refractivity (Wildman–Crippen MR) is 69.2 cm³/mol. The van der Waals surface area contributed by atoms with Gasteiger partial charge in [0.1, 0.15) is 0 Å². The van der Waals surface area contributed by atoms with Crippen molar-refractivity contribution < 1.29 is 4.74 Å². The zero-order chi connectivity index (χ0) is 12.0. The van der Waals surface area contributed by atoms with Gasteiger partial charge in [-0.1, -0.05) is 0 Å². The van der Waals surface area contributed by atoms with E-state index in [9.17, 15) is 0 Å². The molecule has 0 amide bonds. The van der Waals surface area contributed by atoms with E-state index < -0.39 is 0 Å². The molecule has 0 spiro atoms. The number of aromatic nitrogens is 1. The number of methoxy groups -OCH3 is 1. The lowest BCUT2D eigenvalue weighted by Gasteiger charge is -2.19. The second-order valence-electron chi connectivity index (χ2n) is 4.00. The number of rotatable bonds is 7. The van der Waals surface area contributed by atoms with Gasteiger partial charge in [0.2, 0.25) is 0 Å². The predicted octanol–water partition coefficient (Wildman–Crippen LogP) is 1.72. The van der Waals surface area contributed by atoms with Crippen LogP contribution in [0.1, 0.15) is 19.5 Å². The molecule has 0 saturated heterocycles. The molecule has 0 atom stereocenters. The zero-order valence-corrected chi connectivity index (χ0v) is 11.3. The molecule has 1 aromatic heterocycles. The standard InChI is InChI=1S/C11H21N3OS/c1-9(2)14(3)11-13-10(8-16-11)7-12-5-6-15-4/h8-9,12H,5-7H2,1-4H3. The first-order valence-electron chi connectivity index (χ1n) is 5.52. The van der Waals surface area contributed by atoms with Crippen LogP contribution in [0.4, 0.5) is 5.13 Å². The molecule has 0 radical (unpaired) electrons. The summed E-state index contributed by atoms with van der Waals surface area (Å²) >= 11 is 1.69. The van der Waals surface area contributed by atoms with Gasteiger partial charge < -0.3 is 15.0 Å². The highest BCUT2D eigenvalue weighted by atomic mass is 32.1. The van der Waals surface area contributed by atoms with Gasteiger partial charge in [-0.2, -0.15) is 0 Å². The summed E-state index contributed by atoms with van der Waals surface area (Å²) in [5.41, 5.74) is 1.10. The van der Waals surface area contributed by atoms with E-state index in [4.69, 9.17) is 4.74 Å². The number of thiazole rings is 1. The van der Waals surface area contributed by atoms with Gasteiger partial charge in [0.05, 0.1) is 12.3 Å². The Morgan fingerprint density at radius 1 is 1.56 bits per heavy atom. The van der Waals surface area contributed by atoms with Crippen LogP contribution in [-0.2, 0) is 11.3 Å². The number of nitrogens with one attached hydrogen (secondary N) is 1. The first-order valence-corrected chi connectivity index (χ1v) is 6.40. The summed E-state index contributed by atoms with van der Waals surface area (Å²) in [6.45, 7) is 6.74. The van der Waals surface area contributed by atoms with E-state index in [-0.39, 0.29) is 0 Å². The minimum atomic E-state index is 0.487.